The minimum atomic E-state index is 0.00444. The van der Waals surface area contributed by atoms with Crippen LogP contribution in [0.4, 0.5) is 0 Å². The molecule has 0 unspecified atom stereocenters. The van der Waals surface area contributed by atoms with Crippen LogP contribution in [0.1, 0.15) is 16.7 Å². The molecule has 0 radical (unpaired) electrons. The van der Waals surface area contributed by atoms with Gasteiger partial charge in [-0.1, -0.05) is 0 Å². The van der Waals surface area contributed by atoms with E-state index in [1.54, 1.807) is 18.2 Å². The summed E-state index contributed by atoms with van der Waals surface area (Å²) in [6, 6.07) is 6.16. The molecule has 0 aliphatic heterocycles. The first-order valence-electron chi connectivity index (χ1n) is 5.73. The Labute approximate surface area is 106 Å². The predicted octanol–water partition coefficient (Wildman–Crippen LogP) is 3.40. The first-order valence-corrected chi connectivity index (χ1v) is 5.73. The molecule has 0 fully saturated rings. The topological polar surface area (TPSA) is 60.7 Å². The summed E-state index contributed by atoms with van der Waals surface area (Å²) < 4.78 is 0. The molecule has 0 aliphatic carbocycles. The molecule has 0 spiro atoms. The van der Waals surface area contributed by atoms with Gasteiger partial charge in [0.2, 0.25) is 0 Å². The molecule has 3 heteroatoms. The molecule has 0 amide bonds. The quantitative estimate of drug-likeness (QED) is 0.720. The summed E-state index contributed by atoms with van der Waals surface area (Å²) in [5, 5.41) is 29.0. The first kappa shape index (κ1) is 12.3. The Morgan fingerprint density at radius 3 is 1.83 bits per heavy atom. The van der Waals surface area contributed by atoms with Crippen molar-refractivity contribution in [3.8, 4) is 28.4 Å². The van der Waals surface area contributed by atoms with Crippen LogP contribution in [-0.4, -0.2) is 15.3 Å². The van der Waals surface area contributed by atoms with Crippen LogP contribution in [0.2, 0.25) is 0 Å². The van der Waals surface area contributed by atoms with Crippen LogP contribution in [0.5, 0.6) is 17.2 Å². The van der Waals surface area contributed by atoms with E-state index in [1.807, 2.05) is 20.8 Å². The van der Waals surface area contributed by atoms with Crippen molar-refractivity contribution in [3.05, 3.63) is 41.0 Å². The molecular weight excluding hydrogens is 228 g/mol. The molecule has 2 aromatic rings. The van der Waals surface area contributed by atoms with Crippen molar-refractivity contribution >= 4 is 0 Å². The van der Waals surface area contributed by atoms with Crippen molar-refractivity contribution < 1.29 is 15.3 Å². The van der Waals surface area contributed by atoms with Gasteiger partial charge in [-0.3, -0.25) is 0 Å². The van der Waals surface area contributed by atoms with E-state index >= 15 is 0 Å². The van der Waals surface area contributed by atoms with Crippen molar-refractivity contribution in [2.45, 2.75) is 20.8 Å². The van der Waals surface area contributed by atoms with E-state index in [0.29, 0.717) is 5.56 Å². The lowest BCUT2D eigenvalue weighted by Crippen LogP contribution is -1.92. The maximum Gasteiger partial charge on any atom is 0.119 e. The normalized spacial score (nSPS) is 10.6. The van der Waals surface area contributed by atoms with Gasteiger partial charge in [-0.15, -0.1) is 0 Å². The van der Waals surface area contributed by atoms with Crippen LogP contribution in [0, 0.1) is 20.8 Å². The highest BCUT2D eigenvalue weighted by atomic mass is 16.3. The Morgan fingerprint density at radius 2 is 1.28 bits per heavy atom. The fourth-order valence-electron chi connectivity index (χ4n) is 2.20. The summed E-state index contributed by atoms with van der Waals surface area (Å²) in [5.41, 5.74) is 4.27. The predicted molar refractivity (Wildman–Crippen MR) is 71.1 cm³/mol. The van der Waals surface area contributed by atoms with E-state index in [9.17, 15) is 15.3 Å². The SMILES string of the molecule is Cc1cc(O)c(C)c(-c2cc(O)cc(O)c2)c1C. The van der Waals surface area contributed by atoms with Crippen LogP contribution >= 0.6 is 0 Å². The van der Waals surface area contributed by atoms with E-state index < -0.39 is 0 Å². The average Bonchev–Trinajstić information content (AvgIpc) is 2.25. The second-order valence-electron chi connectivity index (χ2n) is 4.58. The van der Waals surface area contributed by atoms with E-state index in [2.05, 4.69) is 0 Å². The van der Waals surface area contributed by atoms with Gasteiger partial charge in [-0.2, -0.15) is 0 Å². The van der Waals surface area contributed by atoms with Crippen molar-refractivity contribution in [2.24, 2.45) is 0 Å². The molecule has 3 N–H and O–H groups in total. The second-order valence-corrected chi connectivity index (χ2v) is 4.58. The maximum atomic E-state index is 9.88. The number of aromatic hydroxyl groups is 3. The van der Waals surface area contributed by atoms with Gasteiger partial charge in [-0.05, 0) is 66.8 Å². The van der Waals surface area contributed by atoms with Crippen LogP contribution < -0.4 is 0 Å². The Balaban J connectivity index is 2.78. The van der Waals surface area contributed by atoms with Gasteiger partial charge in [0.15, 0.2) is 0 Å². The summed E-state index contributed by atoms with van der Waals surface area (Å²) in [6.45, 7) is 5.69. The van der Waals surface area contributed by atoms with Gasteiger partial charge in [0.1, 0.15) is 17.2 Å². The Bertz CT molecular complexity index is 569. The fourth-order valence-corrected chi connectivity index (χ4v) is 2.20. The molecule has 18 heavy (non-hydrogen) atoms. The highest BCUT2D eigenvalue weighted by molar-refractivity contribution is 5.76. The van der Waals surface area contributed by atoms with E-state index in [-0.39, 0.29) is 17.2 Å². The molecule has 2 rings (SSSR count). The Morgan fingerprint density at radius 1 is 0.722 bits per heavy atom. The number of hydrogen-bond acceptors (Lipinski definition) is 3. The van der Waals surface area contributed by atoms with E-state index in [1.165, 1.54) is 6.07 Å². The third kappa shape index (κ3) is 1.99. The van der Waals surface area contributed by atoms with Gasteiger partial charge in [-0.25, -0.2) is 0 Å². The fraction of sp³-hybridized carbons (Fsp3) is 0.200. The smallest absolute Gasteiger partial charge is 0.119 e. The molecule has 3 nitrogen and oxygen atoms in total. The van der Waals surface area contributed by atoms with Crippen LogP contribution in [0.3, 0.4) is 0 Å². The summed E-state index contributed by atoms with van der Waals surface area (Å²) in [7, 11) is 0. The lowest BCUT2D eigenvalue weighted by Gasteiger charge is -2.15. The summed E-state index contributed by atoms with van der Waals surface area (Å²) in [5.74, 6) is 0.227. The van der Waals surface area contributed by atoms with Crippen LogP contribution in [0.25, 0.3) is 11.1 Å². The van der Waals surface area contributed by atoms with Crippen molar-refractivity contribution in [2.75, 3.05) is 0 Å². The standard InChI is InChI=1S/C15H16O3/c1-8-4-14(18)10(3)15(9(8)2)11-5-12(16)7-13(17)6-11/h4-7,16-18H,1-3H3. The van der Waals surface area contributed by atoms with Gasteiger partial charge in [0, 0.05) is 6.07 Å². The van der Waals surface area contributed by atoms with E-state index in [4.69, 9.17) is 0 Å². The summed E-state index contributed by atoms with van der Waals surface area (Å²) in [4.78, 5) is 0. The molecule has 0 heterocycles. The van der Waals surface area contributed by atoms with Gasteiger partial charge >= 0.3 is 0 Å². The molecule has 94 valence electrons. The largest absolute Gasteiger partial charge is 0.508 e. The number of aryl methyl sites for hydroxylation is 1. The van der Waals surface area contributed by atoms with Gasteiger partial charge in [0.25, 0.3) is 0 Å². The Kier molecular flexibility index (Phi) is 2.91. The van der Waals surface area contributed by atoms with Crippen molar-refractivity contribution in [1.29, 1.82) is 0 Å². The van der Waals surface area contributed by atoms with Gasteiger partial charge < -0.3 is 15.3 Å². The van der Waals surface area contributed by atoms with E-state index in [0.717, 1.165) is 22.3 Å². The lowest BCUT2D eigenvalue weighted by molar-refractivity contribution is 0.451. The summed E-state index contributed by atoms with van der Waals surface area (Å²) in [6.07, 6.45) is 0. The Hall–Kier alpha value is -2.16. The average molecular weight is 244 g/mol. The zero-order chi connectivity index (χ0) is 13.4. The number of phenolic OH excluding ortho intramolecular Hbond substituents is 3. The molecular formula is C15H16O3. The molecule has 0 saturated carbocycles. The van der Waals surface area contributed by atoms with Gasteiger partial charge in [0.05, 0.1) is 0 Å². The minimum absolute atomic E-state index is 0.00444. The number of hydrogen-bond donors (Lipinski definition) is 3. The molecule has 0 aromatic heterocycles. The van der Waals surface area contributed by atoms with Crippen molar-refractivity contribution in [1.82, 2.24) is 0 Å². The van der Waals surface area contributed by atoms with Crippen molar-refractivity contribution in [3.63, 3.8) is 0 Å². The van der Waals surface area contributed by atoms with Crippen LogP contribution in [-0.2, 0) is 0 Å². The number of phenols is 3. The number of benzene rings is 2. The first-order chi connectivity index (χ1) is 8.40. The highest BCUT2D eigenvalue weighted by Crippen LogP contribution is 2.37. The summed E-state index contributed by atoms with van der Waals surface area (Å²) >= 11 is 0. The second kappa shape index (κ2) is 4.26. The lowest BCUT2D eigenvalue weighted by atomic mass is 9.92. The monoisotopic (exact) mass is 244 g/mol. The molecule has 2 aromatic carbocycles. The van der Waals surface area contributed by atoms with Crippen LogP contribution in [0.15, 0.2) is 24.3 Å². The molecule has 0 atom stereocenters. The maximum absolute atomic E-state index is 9.88. The molecule has 0 bridgehead atoms. The highest BCUT2D eigenvalue weighted by Gasteiger charge is 2.13. The third-order valence-corrected chi connectivity index (χ3v) is 3.27. The zero-order valence-corrected chi connectivity index (χ0v) is 10.7. The molecule has 0 saturated heterocycles. The number of rotatable bonds is 1. The zero-order valence-electron chi connectivity index (χ0n) is 10.7. The molecule has 0 aliphatic rings. The third-order valence-electron chi connectivity index (χ3n) is 3.27. The minimum Gasteiger partial charge on any atom is -0.508 e.